The van der Waals surface area contributed by atoms with Crippen molar-refractivity contribution in [3.05, 3.63) is 44.0 Å². The van der Waals surface area contributed by atoms with E-state index in [9.17, 15) is 4.79 Å². The van der Waals surface area contributed by atoms with Crippen molar-refractivity contribution in [1.82, 2.24) is 0 Å². The number of carbonyl (C=O) groups is 1. The average molecular weight is 318 g/mol. The van der Waals surface area contributed by atoms with Crippen LogP contribution in [-0.4, -0.2) is 11.1 Å². The number of aromatic carboxylic acids is 1. The summed E-state index contributed by atoms with van der Waals surface area (Å²) in [6.45, 7) is 0. The van der Waals surface area contributed by atoms with Gasteiger partial charge < -0.3 is 5.11 Å². The number of carboxylic acids is 1. The van der Waals surface area contributed by atoms with Crippen molar-refractivity contribution in [3.63, 3.8) is 0 Å². The van der Waals surface area contributed by atoms with Gasteiger partial charge in [0.2, 0.25) is 0 Å². The number of halogens is 2. The van der Waals surface area contributed by atoms with Crippen LogP contribution in [0.1, 0.15) is 10.4 Å². The smallest absolute Gasteiger partial charge is 0.338 e. The molecule has 2 rings (SSSR count). The summed E-state index contributed by atoms with van der Waals surface area (Å²) in [7, 11) is 0. The van der Waals surface area contributed by atoms with E-state index < -0.39 is 5.97 Å². The third-order valence-corrected chi connectivity index (χ3v) is 3.86. The van der Waals surface area contributed by atoms with Gasteiger partial charge in [0, 0.05) is 15.4 Å². The first kappa shape index (κ1) is 11.6. The van der Waals surface area contributed by atoms with E-state index in [0.717, 1.165) is 10.0 Å². The molecule has 82 valence electrons. The maximum absolute atomic E-state index is 11.1. The predicted octanol–water partition coefficient (Wildman–Crippen LogP) is 4.53. The van der Waals surface area contributed by atoms with Crippen LogP contribution in [0.25, 0.3) is 11.1 Å². The molecule has 0 fully saturated rings. The average Bonchev–Trinajstić information content (AvgIpc) is 2.61. The summed E-state index contributed by atoms with van der Waals surface area (Å²) in [5, 5.41) is 10.8. The summed E-state index contributed by atoms with van der Waals surface area (Å²) in [6.07, 6.45) is 0. The van der Waals surface area contributed by atoms with Crippen molar-refractivity contribution in [2.75, 3.05) is 0 Å². The van der Waals surface area contributed by atoms with Gasteiger partial charge in [0.15, 0.2) is 0 Å². The number of rotatable bonds is 2. The summed E-state index contributed by atoms with van der Waals surface area (Å²) in [5.74, 6) is -0.996. The molecule has 0 unspecified atom stereocenters. The molecule has 0 radical (unpaired) electrons. The van der Waals surface area contributed by atoms with Gasteiger partial charge in [-0.3, -0.25) is 0 Å². The largest absolute Gasteiger partial charge is 0.478 e. The molecule has 16 heavy (non-hydrogen) atoms. The minimum Gasteiger partial charge on any atom is -0.478 e. The predicted molar refractivity (Wildman–Crippen MR) is 69.4 cm³/mol. The minimum atomic E-state index is -0.996. The van der Waals surface area contributed by atoms with E-state index in [-0.39, 0.29) is 5.56 Å². The Kier molecular flexibility index (Phi) is 3.33. The zero-order chi connectivity index (χ0) is 11.7. The fourth-order valence-corrected chi connectivity index (χ4v) is 2.75. The van der Waals surface area contributed by atoms with Crippen LogP contribution in [0.4, 0.5) is 0 Å². The monoisotopic (exact) mass is 316 g/mol. The van der Waals surface area contributed by atoms with Gasteiger partial charge >= 0.3 is 5.97 Å². The van der Waals surface area contributed by atoms with Crippen molar-refractivity contribution >= 4 is 44.8 Å². The summed E-state index contributed by atoms with van der Waals surface area (Å²) in [5.41, 5.74) is 1.69. The topological polar surface area (TPSA) is 37.3 Å². The van der Waals surface area contributed by atoms with Gasteiger partial charge in [0.1, 0.15) is 4.34 Å². The van der Waals surface area contributed by atoms with E-state index in [1.54, 1.807) is 5.38 Å². The fraction of sp³-hybridized carbons (Fsp3) is 0. The molecule has 2 aromatic rings. The van der Waals surface area contributed by atoms with Crippen LogP contribution < -0.4 is 0 Å². The second-order valence-corrected chi connectivity index (χ2v) is 5.51. The van der Waals surface area contributed by atoms with Crippen LogP contribution in [0.15, 0.2) is 34.1 Å². The van der Waals surface area contributed by atoms with E-state index in [0.29, 0.717) is 9.90 Å². The van der Waals surface area contributed by atoms with Crippen LogP contribution in [0.2, 0.25) is 4.34 Å². The zero-order valence-electron chi connectivity index (χ0n) is 7.91. The van der Waals surface area contributed by atoms with Crippen LogP contribution >= 0.6 is 38.9 Å². The Labute approximate surface area is 110 Å². The van der Waals surface area contributed by atoms with Gasteiger partial charge in [0.25, 0.3) is 0 Å². The Bertz CT molecular complexity index is 533. The van der Waals surface area contributed by atoms with Crippen molar-refractivity contribution < 1.29 is 9.90 Å². The highest BCUT2D eigenvalue weighted by Gasteiger charge is 2.17. The zero-order valence-corrected chi connectivity index (χ0v) is 11.1. The van der Waals surface area contributed by atoms with Crippen LogP contribution in [0, 0.1) is 0 Å². The second kappa shape index (κ2) is 4.57. The molecule has 0 bridgehead atoms. The standard InChI is InChI=1S/C11H6BrClO2S/c12-7-3-1-6(2-4-7)8-5-16-10(13)9(8)11(14)15/h1-5H,(H,14,15). The SMILES string of the molecule is O=C(O)c1c(-c2ccc(Br)cc2)csc1Cl. The molecule has 0 aliphatic rings. The van der Waals surface area contributed by atoms with Crippen LogP contribution in [-0.2, 0) is 0 Å². The molecule has 0 aliphatic heterocycles. The highest BCUT2D eigenvalue weighted by atomic mass is 79.9. The fourth-order valence-electron chi connectivity index (χ4n) is 1.38. The van der Waals surface area contributed by atoms with Gasteiger partial charge in [-0.05, 0) is 17.7 Å². The Morgan fingerprint density at radius 2 is 1.94 bits per heavy atom. The van der Waals surface area contributed by atoms with Gasteiger partial charge in [-0.25, -0.2) is 4.79 Å². The lowest BCUT2D eigenvalue weighted by molar-refractivity contribution is 0.0698. The molecule has 0 aliphatic carbocycles. The number of thiophene rings is 1. The van der Waals surface area contributed by atoms with Gasteiger partial charge in [-0.2, -0.15) is 0 Å². The Balaban J connectivity index is 2.56. The molecule has 0 saturated heterocycles. The summed E-state index contributed by atoms with van der Waals surface area (Å²) in [6, 6.07) is 7.45. The third-order valence-electron chi connectivity index (χ3n) is 2.12. The molecule has 0 amide bonds. The number of benzene rings is 1. The van der Waals surface area contributed by atoms with Crippen molar-refractivity contribution in [3.8, 4) is 11.1 Å². The first-order valence-electron chi connectivity index (χ1n) is 4.36. The van der Waals surface area contributed by atoms with Gasteiger partial charge in [0.05, 0.1) is 5.56 Å². The van der Waals surface area contributed by atoms with Crippen molar-refractivity contribution in [2.45, 2.75) is 0 Å². The van der Waals surface area contributed by atoms with Crippen molar-refractivity contribution in [1.29, 1.82) is 0 Å². The third kappa shape index (κ3) is 2.14. The molecule has 1 heterocycles. The summed E-state index contributed by atoms with van der Waals surface area (Å²) < 4.78 is 1.26. The molecule has 5 heteroatoms. The molecule has 2 nitrogen and oxygen atoms in total. The Morgan fingerprint density at radius 1 is 1.31 bits per heavy atom. The van der Waals surface area contributed by atoms with E-state index in [2.05, 4.69) is 15.9 Å². The second-order valence-electron chi connectivity index (χ2n) is 3.11. The maximum atomic E-state index is 11.1. The van der Waals surface area contributed by atoms with E-state index >= 15 is 0 Å². The lowest BCUT2D eigenvalue weighted by Gasteiger charge is -2.01. The maximum Gasteiger partial charge on any atom is 0.338 e. The van der Waals surface area contributed by atoms with E-state index in [4.69, 9.17) is 16.7 Å². The molecule has 1 aromatic carbocycles. The van der Waals surface area contributed by atoms with E-state index in [1.807, 2.05) is 24.3 Å². The lowest BCUT2D eigenvalue weighted by atomic mass is 10.1. The summed E-state index contributed by atoms with van der Waals surface area (Å²) in [4.78, 5) is 11.1. The molecular formula is C11H6BrClO2S. The number of carboxylic acid groups (broad SMARTS) is 1. The molecule has 0 spiro atoms. The molecule has 1 N–H and O–H groups in total. The Morgan fingerprint density at radius 3 is 2.50 bits per heavy atom. The molecule has 0 saturated carbocycles. The van der Waals surface area contributed by atoms with Gasteiger partial charge in [-0.1, -0.05) is 39.7 Å². The molecule has 0 atom stereocenters. The minimum absolute atomic E-state index is 0.175. The van der Waals surface area contributed by atoms with Crippen LogP contribution in [0.3, 0.4) is 0 Å². The molecule has 1 aromatic heterocycles. The van der Waals surface area contributed by atoms with E-state index in [1.165, 1.54) is 11.3 Å². The van der Waals surface area contributed by atoms with Crippen LogP contribution in [0.5, 0.6) is 0 Å². The number of hydrogen-bond acceptors (Lipinski definition) is 2. The lowest BCUT2D eigenvalue weighted by Crippen LogP contribution is -1.96. The first-order valence-corrected chi connectivity index (χ1v) is 6.41. The summed E-state index contributed by atoms with van der Waals surface area (Å²) >= 11 is 10.4. The highest BCUT2D eigenvalue weighted by molar-refractivity contribution is 9.10. The molecular weight excluding hydrogens is 312 g/mol. The number of hydrogen-bond donors (Lipinski definition) is 1. The van der Waals surface area contributed by atoms with Crippen molar-refractivity contribution in [2.24, 2.45) is 0 Å². The normalized spacial score (nSPS) is 10.4. The Hall–Kier alpha value is -0.840. The highest BCUT2D eigenvalue weighted by Crippen LogP contribution is 2.35. The van der Waals surface area contributed by atoms with Gasteiger partial charge in [-0.15, -0.1) is 11.3 Å². The quantitative estimate of drug-likeness (QED) is 0.883. The first-order chi connectivity index (χ1) is 7.59.